The van der Waals surface area contributed by atoms with Crippen molar-refractivity contribution in [3.8, 4) is 5.75 Å². The van der Waals surface area contributed by atoms with Gasteiger partial charge in [0, 0.05) is 18.5 Å². The minimum atomic E-state index is -1.18. The zero-order valence-corrected chi connectivity index (χ0v) is 22.4. The first kappa shape index (κ1) is 29.6. The summed E-state index contributed by atoms with van der Waals surface area (Å²) >= 11 is 0. The quantitative estimate of drug-likeness (QED) is 0.407. The van der Waals surface area contributed by atoms with Crippen molar-refractivity contribution in [1.82, 2.24) is 15.5 Å². The smallest absolute Gasteiger partial charge is 0.408 e. The number of nitrogens with one attached hydrogen (secondary N) is 2. The Morgan fingerprint density at radius 2 is 1.62 bits per heavy atom. The summed E-state index contributed by atoms with van der Waals surface area (Å²) in [7, 11) is 0. The molecule has 0 saturated carbocycles. The Morgan fingerprint density at radius 3 is 2.16 bits per heavy atom. The number of benzene rings is 2. The lowest BCUT2D eigenvalue weighted by molar-refractivity contribution is -0.143. The van der Waals surface area contributed by atoms with E-state index >= 15 is 0 Å². The second-order valence-electron chi connectivity index (χ2n) is 10.9. The molecule has 2 unspecified atom stereocenters. The molecule has 202 valence electrons. The third-order valence-corrected chi connectivity index (χ3v) is 5.14. The molecule has 0 aromatic heterocycles. The molecule has 37 heavy (non-hydrogen) atoms. The maximum absolute atomic E-state index is 14.0. The van der Waals surface area contributed by atoms with Crippen molar-refractivity contribution in [2.45, 2.75) is 71.2 Å². The first-order valence-electron chi connectivity index (χ1n) is 12.3. The van der Waals surface area contributed by atoms with Crippen molar-refractivity contribution in [2.24, 2.45) is 0 Å². The summed E-state index contributed by atoms with van der Waals surface area (Å²) in [4.78, 5) is 41.4. The average molecular weight is 514 g/mol. The number of ether oxygens (including phenoxy) is 1. The molecule has 0 aliphatic rings. The number of hydrogen-bond acceptors (Lipinski definition) is 6. The molecule has 0 fully saturated rings. The third-order valence-electron chi connectivity index (χ3n) is 5.14. The largest absolute Gasteiger partial charge is 0.508 e. The summed E-state index contributed by atoms with van der Waals surface area (Å²) in [5.41, 5.74) is -0.252. The van der Waals surface area contributed by atoms with E-state index in [1.807, 2.05) is 51.1 Å². The molecule has 9 nitrogen and oxygen atoms in total. The predicted octanol–water partition coefficient (Wildman–Crippen LogP) is 3.30. The number of rotatable bonds is 9. The van der Waals surface area contributed by atoms with Gasteiger partial charge in [0.05, 0.1) is 6.61 Å². The number of nitrogens with zero attached hydrogens (tertiary/aromatic N) is 1. The number of amides is 3. The lowest BCUT2D eigenvalue weighted by Crippen LogP contribution is -2.55. The van der Waals surface area contributed by atoms with Crippen LogP contribution in [0.15, 0.2) is 54.6 Å². The van der Waals surface area contributed by atoms with Crippen molar-refractivity contribution in [1.29, 1.82) is 0 Å². The van der Waals surface area contributed by atoms with E-state index in [9.17, 15) is 24.6 Å². The summed E-state index contributed by atoms with van der Waals surface area (Å²) in [6, 6.07) is 12.9. The monoisotopic (exact) mass is 513 g/mol. The lowest BCUT2D eigenvalue weighted by atomic mass is 9.99. The molecule has 2 aromatic rings. The van der Waals surface area contributed by atoms with Gasteiger partial charge in [-0.1, -0.05) is 42.5 Å². The molecule has 2 aromatic carbocycles. The molecular weight excluding hydrogens is 474 g/mol. The van der Waals surface area contributed by atoms with E-state index in [1.54, 1.807) is 32.9 Å². The molecular formula is C28H39N3O6. The van der Waals surface area contributed by atoms with Gasteiger partial charge in [0.25, 0.3) is 0 Å². The van der Waals surface area contributed by atoms with Gasteiger partial charge in [-0.25, -0.2) is 4.79 Å². The number of carbonyl (C=O) groups is 3. The van der Waals surface area contributed by atoms with Gasteiger partial charge in [0.2, 0.25) is 11.8 Å². The number of aromatic hydroxyl groups is 1. The molecule has 0 saturated heterocycles. The highest BCUT2D eigenvalue weighted by Crippen LogP contribution is 2.26. The van der Waals surface area contributed by atoms with E-state index in [-0.39, 0.29) is 18.7 Å². The molecule has 3 amide bonds. The van der Waals surface area contributed by atoms with E-state index in [2.05, 4.69) is 10.6 Å². The number of phenolic OH excluding ortho intramolecular Hbond substituents is 1. The highest BCUT2D eigenvalue weighted by Gasteiger charge is 2.37. The van der Waals surface area contributed by atoms with E-state index < -0.39 is 47.7 Å². The van der Waals surface area contributed by atoms with E-state index in [1.165, 1.54) is 17.0 Å². The lowest BCUT2D eigenvalue weighted by Gasteiger charge is -2.35. The van der Waals surface area contributed by atoms with Gasteiger partial charge >= 0.3 is 6.09 Å². The summed E-state index contributed by atoms with van der Waals surface area (Å²) in [5.74, 6) is -1.15. The van der Waals surface area contributed by atoms with Gasteiger partial charge in [-0.15, -0.1) is 0 Å². The van der Waals surface area contributed by atoms with Gasteiger partial charge in [-0.2, -0.15) is 0 Å². The normalized spacial score (nSPS) is 13.3. The van der Waals surface area contributed by atoms with Crippen LogP contribution in [0, 0.1) is 0 Å². The fraction of sp³-hybridized carbons (Fsp3) is 0.464. The Morgan fingerprint density at radius 1 is 0.973 bits per heavy atom. The van der Waals surface area contributed by atoms with Gasteiger partial charge in [-0.05, 0) is 64.8 Å². The first-order chi connectivity index (χ1) is 17.2. The molecule has 0 radical (unpaired) electrons. The second kappa shape index (κ2) is 12.6. The summed E-state index contributed by atoms with van der Waals surface area (Å²) in [6.07, 6.45) is -0.645. The molecule has 0 heterocycles. The third kappa shape index (κ3) is 9.76. The number of carbonyl (C=O) groups excluding carboxylic acids is 3. The van der Waals surface area contributed by atoms with Gasteiger partial charge in [0.15, 0.2) is 0 Å². The Kier molecular flexibility index (Phi) is 10.1. The minimum Gasteiger partial charge on any atom is -0.508 e. The minimum absolute atomic E-state index is 0.0739. The zero-order chi connectivity index (χ0) is 27.8. The van der Waals surface area contributed by atoms with Gasteiger partial charge in [-0.3, -0.25) is 9.59 Å². The van der Waals surface area contributed by atoms with E-state index in [4.69, 9.17) is 4.74 Å². The van der Waals surface area contributed by atoms with Crippen LogP contribution in [0.1, 0.15) is 58.7 Å². The molecule has 2 atom stereocenters. The van der Waals surface area contributed by atoms with Crippen LogP contribution in [-0.4, -0.2) is 63.4 Å². The highest BCUT2D eigenvalue weighted by atomic mass is 16.6. The van der Waals surface area contributed by atoms with E-state index in [0.29, 0.717) is 5.56 Å². The van der Waals surface area contributed by atoms with E-state index in [0.717, 1.165) is 5.56 Å². The maximum Gasteiger partial charge on any atom is 0.408 e. The van der Waals surface area contributed by atoms with Crippen LogP contribution in [0.4, 0.5) is 4.79 Å². The Labute approximate surface area is 218 Å². The fourth-order valence-corrected chi connectivity index (χ4v) is 3.78. The van der Waals surface area contributed by atoms with Crippen LogP contribution in [-0.2, 0) is 20.7 Å². The number of aliphatic hydroxyl groups is 1. The van der Waals surface area contributed by atoms with Gasteiger partial charge < -0.3 is 30.5 Å². The van der Waals surface area contributed by atoms with Crippen LogP contribution < -0.4 is 10.6 Å². The predicted molar refractivity (Wildman–Crippen MR) is 141 cm³/mol. The number of aliphatic hydroxyl groups excluding tert-OH is 1. The van der Waals surface area contributed by atoms with Crippen LogP contribution in [0.5, 0.6) is 5.75 Å². The molecule has 4 N–H and O–H groups in total. The Balaban J connectivity index is 2.53. The SMILES string of the molecule is CC(C)(C)NC(=O)C(c1cccc(O)c1)N(CCO)C(=O)C(Cc1ccccc1)NC(=O)OC(C)(C)C. The summed E-state index contributed by atoms with van der Waals surface area (Å²) < 4.78 is 5.39. The summed E-state index contributed by atoms with van der Waals surface area (Å²) in [6.45, 7) is 9.97. The van der Waals surface area contributed by atoms with Crippen LogP contribution in [0.2, 0.25) is 0 Å². The first-order valence-corrected chi connectivity index (χ1v) is 12.3. The zero-order valence-electron chi connectivity index (χ0n) is 22.4. The summed E-state index contributed by atoms with van der Waals surface area (Å²) in [5, 5.41) is 25.5. The maximum atomic E-state index is 14.0. The van der Waals surface area contributed by atoms with Crippen molar-refractivity contribution < 1.29 is 29.3 Å². The molecule has 0 spiro atoms. The number of alkyl carbamates (subject to hydrolysis) is 1. The van der Waals surface area contributed by atoms with Crippen LogP contribution >= 0.6 is 0 Å². The highest BCUT2D eigenvalue weighted by molar-refractivity contribution is 5.92. The number of hydrogen-bond donors (Lipinski definition) is 4. The Bertz CT molecular complexity index is 1060. The molecule has 9 heteroatoms. The molecule has 0 aliphatic carbocycles. The van der Waals surface area contributed by atoms with Crippen molar-refractivity contribution in [2.75, 3.05) is 13.2 Å². The fourth-order valence-electron chi connectivity index (χ4n) is 3.78. The second-order valence-corrected chi connectivity index (χ2v) is 10.9. The van der Waals surface area contributed by atoms with Crippen molar-refractivity contribution in [3.05, 3.63) is 65.7 Å². The Hall–Kier alpha value is -3.59. The molecule has 0 aliphatic heterocycles. The topological polar surface area (TPSA) is 128 Å². The van der Waals surface area contributed by atoms with Crippen LogP contribution in [0.25, 0.3) is 0 Å². The molecule has 0 bridgehead atoms. The number of phenols is 1. The van der Waals surface area contributed by atoms with Crippen molar-refractivity contribution in [3.63, 3.8) is 0 Å². The van der Waals surface area contributed by atoms with Crippen molar-refractivity contribution >= 4 is 17.9 Å². The standard InChI is InChI=1S/C28H39N3O6/c1-27(2,3)30-24(34)23(20-13-10-14-21(33)18-20)31(15-16-32)25(35)22(17-19-11-8-7-9-12-19)29-26(36)37-28(4,5)6/h7-14,18,22-23,32-33H,15-17H2,1-6H3,(H,29,36)(H,30,34). The average Bonchev–Trinajstić information content (AvgIpc) is 2.76. The van der Waals surface area contributed by atoms with Gasteiger partial charge in [0.1, 0.15) is 23.4 Å². The van der Waals surface area contributed by atoms with Crippen LogP contribution in [0.3, 0.4) is 0 Å². The molecule has 2 rings (SSSR count).